The Hall–Kier alpha value is -7.38. The molecule has 352 valence electrons. The number of hydrogen-bond donors (Lipinski definition) is 4. The molecule has 0 aromatic heterocycles. The molecular weight excluding hydrogens is 883 g/mol. The fraction of sp³-hybridized carbons (Fsp3) is 0.304. The standard InChI is InChI=1S/C42H44N4O6.2C2HF3O2/c1-28(2)25-36(43-40(50)35-16-10-15-34(27-35)29(3)47)41(51)45-21-23-46(24-22-45)42(52)37(26-30-11-6-4-7-12-30)44-39(49)33-19-17-32(18-20-33)38(48)31-13-8-5-9-14-31;2*3-2(4,5)1(6)7/h4-20,27-28,36-37H,21-26H2,1-3H3,(H,43,50)(H,44,49);2*(H,6,7)/t36-,37-;;/m0../s1. The number of nitrogens with one attached hydrogen (secondary N) is 2. The van der Waals surface area contributed by atoms with E-state index in [0.717, 1.165) is 5.56 Å². The lowest BCUT2D eigenvalue weighted by molar-refractivity contribution is -0.193. The first-order chi connectivity index (χ1) is 30.9. The van der Waals surface area contributed by atoms with Crippen molar-refractivity contribution >= 4 is 47.1 Å². The van der Waals surface area contributed by atoms with Crippen molar-refractivity contribution in [2.75, 3.05) is 26.2 Å². The molecule has 0 aliphatic carbocycles. The third-order valence-electron chi connectivity index (χ3n) is 9.56. The van der Waals surface area contributed by atoms with E-state index < -0.39 is 48.2 Å². The molecule has 66 heavy (non-hydrogen) atoms. The van der Waals surface area contributed by atoms with Crippen LogP contribution in [0.5, 0.6) is 0 Å². The molecule has 1 saturated heterocycles. The van der Waals surface area contributed by atoms with E-state index in [1.165, 1.54) is 13.0 Å². The van der Waals surface area contributed by atoms with Crippen molar-refractivity contribution in [3.8, 4) is 0 Å². The van der Waals surface area contributed by atoms with Gasteiger partial charge in [0.25, 0.3) is 11.8 Å². The minimum absolute atomic E-state index is 0.114. The Kier molecular flexibility index (Phi) is 19.3. The number of ketones is 2. The van der Waals surface area contributed by atoms with Gasteiger partial charge in [0.1, 0.15) is 12.1 Å². The summed E-state index contributed by atoms with van der Waals surface area (Å²) in [7, 11) is 0. The fourth-order valence-corrected chi connectivity index (χ4v) is 6.22. The average Bonchev–Trinajstić information content (AvgIpc) is 3.28. The number of benzene rings is 4. The van der Waals surface area contributed by atoms with Gasteiger partial charge in [-0.1, -0.05) is 98.8 Å². The first-order valence-corrected chi connectivity index (χ1v) is 20.0. The van der Waals surface area contributed by atoms with Crippen LogP contribution in [0.25, 0.3) is 0 Å². The number of Topliss-reactive ketones (excluding diaryl/α,β-unsaturated/α-hetero) is 1. The first kappa shape index (κ1) is 53.0. The number of halogens is 6. The first-order valence-electron chi connectivity index (χ1n) is 20.0. The van der Waals surface area contributed by atoms with E-state index in [9.17, 15) is 55.1 Å². The molecular formula is C46H46F6N4O10. The smallest absolute Gasteiger partial charge is 0.475 e. The summed E-state index contributed by atoms with van der Waals surface area (Å²) in [5.41, 5.74) is 2.90. The quantitative estimate of drug-likeness (QED) is 0.0877. The molecule has 2 atom stereocenters. The van der Waals surface area contributed by atoms with Crippen molar-refractivity contribution in [2.45, 2.75) is 58.0 Å². The van der Waals surface area contributed by atoms with E-state index in [1.54, 1.807) is 76.5 Å². The normalized spacial score (nSPS) is 13.4. The van der Waals surface area contributed by atoms with E-state index in [-0.39, 0.29) is 61.9 Å². The number of carboxylic acid groups (broad SMARTS) is 2. The van der Waals surface area contributed by atoms with Gasteiger partial charge in [0.15, 0.2) is 11.6 Å². The van der Waals surface area contributed by atoms with E-state index in [1.807, 2.05) is 50.2 Å². The largest absolute Gasteiger partial charge is 0.490 e. The van der Waals surface area contributed by atoms with Gasteiger partial charge in [-0.25, -0.2) is 9.59 Å². The fourth-order valence-electron chi connectivity index (χ4n) is 6.22. The Bertz CT molecular complexity index is 2310. The highest BCUT2D eigenvalue weighted by molar-refractivity contribution is 6.09. The maximum atomic E-state index is 14.0. The molecule has 1 aliphatic rings. The molecule has 0 bridgehead atoms. The Morgan fingerprint density at radius 2 is 0.924 bits per heavy atom. The third kappa shape index (κ3) is 16.6. The Balaban J connectivity index is 0.000000715. The van der Waals surface area contributed by atoms with E-state index in [4.69, 9.17) is 19.8 Å². The van der Waals surface area contributed by atoms with Gasteiger partial charge in [-0.2, -0.15) is 26.3 Å². The summed E-state index contributed by atoms with van der Waals surface area (Å²) in [5.74, 6) is -7.09. The van der Waals surface area contributed by atoms with Crippen LogP contribution >= 0.6 is 0 Å². The van der Waals surface area contributed by atoms with Gasteiger partial charge in [0, 0.05) is 60.4 Å². The van der Waals surface area contributed by atoms with Crippen molar-refractivity contribution in [3.05, 3.63) is 143 Å². The molecule has 0 saturated carbocycles. The van der Waals surface area contributed by atoms with Crippen molar-refractivity contribution in [1.29, 1.82) is 0 Å². The monoisotopic (exact) mass is 928 g/mol. The third-order valence-corrected chi connectivity index (χ3v) is 9.56. The zero-order valence-corrected chi connectivity index (χ0v) is 35.7. The molecule has 5 rings (SSSR count). The number of alkyl halides is 6. The molecule has 14 nitrogen and oxygen atoms in total. The van der Waals surface area contributed by atoms with Crippen molar-refractivity contribution in [1.82, 2.24) is 20.4 Å². The van der Waals surface area contributed by atoms with Crippen LogP contribution in [0, 0.1) is 5.92 Å². The van der Waals surface area contributed by atoms with Gasteiger partial charge < -0.3 is 30.6 Å². The number of rotatable bonds is 13. The SMILES string of the molecule is CC(=O)c1cccc(C(=O)N[C@@H](CC(C)C)C(=O)N2CCN(C(=O)[C@H](Cc3ccccc3)NC(=O)c3ccc(C(=O)c4ccccc4)cc3)CC2)c1.O=C(O)C(F)(F)F.O=C(O)C(F)(F)F. The van der Waals surface area contributed by atoms with Crippen LogP contribution in [0.15, 0.2) is 109 Å². The van der Waals surface area contributed by atoms with E-state index in [0.29, 0.717) is 34.2 Å². The molecule has 4 N–H and O–H groups in total. The summed E-state index contributed by atoms with van der Waals surface area (Å²) in [5, 5.41) is 20.0. The number of carboxylic acids is 2. The number of carbonyl (C=O) groups excluding carboxylic acids is 6. The van der Waals surface area contributed by atoms with Crippen LogP contribution in [0.4, 0.5) is 26.3 Å². The number of carbonyl (C=O) groups is 8. The molecule has 0 radical (unpaired) electrons. The van der Waals surface area contributed by atoms with Gasteiger partial charge in [0.2, 0.25) is 11.8 Å². The lowest BCUT2D eigenvalue weighted by Crippen LogP contribution is -2.59. The second kappa shape index (κ2) is 24.1. The molecule has 20 heteroatoms. The molecule has 4 aromatic rings. The van der Waals surface area contributed by atoms with Crippen molar-refractivity contribution in [2.24, 2.45) is 5.92 Å². The van der Waals surface area contributed by atoms with Crippen molar-refractivity contribution in [3.63, 3.8) is 0 Å². The van der Waals surface area contributed by atoms with Crippen molar-refractivity contribution < 1.29 is 74.9 Å². The topological polar surface area (TPSA) is 208 Å². The number of hydrogen-bond acceptors (Lipinski definition) is 8. The number of nitrogens with zero attached hydrogens (tertiary/aromatic N) is 2. The van der Waals surface area contributed by atoms with Gasteiger partial charge in [-0.3, -0.25) is 28.8 Å². The Morgan fingerprint density at radius 3 is 1.38 bits per heavy atom. The van der Waals surface area contributed by atoms with E-state index in [2.05, 4.69) is 10.6 Å². The van der Waals surface area contributed by atoms with Crippen LogP contribution < -0.4 is 10.6 Å². The number of amides is 4. The zero-order valence-electron chi connectivity index (χ0n) is 35.7. The summed E-state index contributed by atoms with van der Waals surface area (Å²) in [6, 6.07) is 29.4. The van der Waals surface area contributed by atoms with Crippen LogP contribution in [0.1, 0.15) is 79.8 Å². The minimum atomic E-state index is -5.08. The maximum absolute atomic E-state index is 14.0. The summed E-state index contributed by atoms with van der Waals surface area (Å²) >= 11 is 0. The van der Waals surface area contributed by atoms with Gasteiger partial charge in [-0.05, 0) is 49.1 Å². The average molecular weight is 929 g/mol. The lowest BCUT2D eigenvalue weighted by Gasteiger charge is -2.38. The highest BCUT2D eigenvalue weighted by Crippen LogP contribution is 2.17. The zero-order chi connectivity index (χ0) is 49.4. The predicted molar refractivity (Wildman–Crippen MR) is 225 cm³/mol. The predicted octanol–water partition coefficient (Wildman–Crippen LogP) is 6.24. The van der Waals surface area contributed by atoms with Crippen LogP contribution in [0.3, 0.4) is 0 Å². The molecule has 0 spiro atoms. The highest BCUT2D eigenvalue weighted by atomic mass is 19.4. The molecule has 1 fully saturated rings. The summed E-state index contributed by atoms with van der Waals surface area (Å²) in [6.45, 7) is 6.41. The number of aliphatic carboxylic acids is 2. The Labute approximate surface area is 374 Å². The van der Waals surface area contributed by atoms with Gasteiger partial charge >= 0.3 is 24.3 Å². The molecule has 1 heterocycles. The molecule has 0 unspecified atom stereocenters. The van der Waals surface area contributed by atoms with Gasteiger partial charge in [-0.15, -0.1) is 0 Å². The summed E-state index contributed by atoms with van der Waals surface area (Å²) in [4.78, 5) is 100. The summed E-state index contributed by atoms with van der Waals surface area (Å²) < 4.78 is 63.5. The number of piperazine rings is 1. The highest BCUT2D eigenvalue weighted by Gasteiger charge is 2.39. The summed E-state index contributed by atoms with van der Waals surface area (Å²) in [6.07, 6.45) is -9.48. The van der Waals surface area contributed by atoms with E-state index >= 15 is 0 Å². The molecule has 1 aliphatic heterocycles. The Morgan fingerprint density at radius 1 is 0.545 bits per heavy atom. The molecule has 4 amide bonds. The second-order valence-corrected chi connectivity index (χ2v) is 15.0. The van der Waals surface area contributed by atoms with Crippen LogP contribution in [0.2, 0.25) is 0 Å². The second-order valence-electron chi connectivity index (χ2n) is 15.0. The maximum Gasteiger partial charge on any atom is 0.490 e. The van der Waals surface area contributed by atoms with Crippen LogP contribution in [-0.2, 0) is 25.6 Å². The molecule has 4 aromatic carbocycles. The minimum Gasteiger partial charge on any atom is -0.475 e. The van der Waals surface area contributed by atoms with Crippen LogP contribution in [-0.4, -0.2) is 118 Å². The lowest BCUT2D eigenvalue weighted by atomic mass is 10.0. The van der Waals surface area contributed by atoms with Gasteiger partial charge in [0.05, 0.1) is 0 Å².